The molecule has 0 spiro atoms. The molecule has 2 rings (SSSR count). The van der Waals surface area contributed by atoms with Crippen molar-refractivity contribution in [1.29, 1.82) is 0 Å². The summed E-state index contributed by atoms with van der Waals surface area (Å²) in [4.78, 5) is 25.8. The van der Waals surface area contributed by atoms with E-state index in [0.29, 0.717) is 12.1 Å². The zero-order valence-corrected chi connectivity index (χ0v) is 17.5. The van der Waals surface area contributed by atoms with Gasteiger partial charge in [-0.1, -0.05) is 24.3 Å². The Balaban J connectivity index is 1.88. The number of carbonyl (C=O) groups is 2. The van der Waals surface area contributed by atoms with E-state index in [1.165, 1.54) is 12.1 Å². The second kappa shape index (κ2) is 9.64. The Morgan fingerprint density at radius 3 is 2.17 bits per heavy atom. The molecule has 1 atom stereocenters. The lowest BCUT2D eigenvalue weighted by molar-refractivity contribution is -0.122. The first-order valence-electron chi connectivity index (χ1n) is 9.02. The molecule has 0 aliphatic rings. The molecule has 0 heterocycles. The number of carbonyl (C=O) groups excluding carboxylic acids is 2. The van der Waals surface area contributed by atoms with Gasteiger partial charge in [-0.25, -0.2) is 13.6 Å². The summed E-state index contributed by atoms with van der Waals surface area (Å²) < 4.78 is 22.6. The Labute approximate surface area is 171 Å². The third kappa shape index (κ3) is 6.67. The fourth-order valence-electron chi connectivity index (χ4n) is 2.84. The lowest BCUT2D eigenvalue weighted by atomic mass is 10.1. The Morgan fingerprint density at radius 1 is 1.07 bits per heavy atom. The van der Waals surface area contributed by atoms with E-state index < -0.39 is 10.0 Å². The lowest BCUT2D eigenvalue weighted by Gasteiger charge is -2.19. The molecule has 0 aliphatic heterocycles. The Bertz CT molecular complexity index is 957. The maximum atomic E-state index is 12.3. The van der Waals surface area contributed by atoms with Gasteiger partial charge >= 0.3 is 0 Å². The normalized spacial score (nSPS) is 12.4. The molecule has 0 radical (unpaired) electrons. The smallest absolute Gasteiger partial charge is 0.251 e. The number of nitrogens with one attached hydrogen (secondary N) is 2. The minimum atomic E-state index is -3.74. The van der Waals surface area contributed by atoms with E-state index in [-0.39, 0.29) is 29.3 Å². The second-order valence-electron chi connectivity index (χ2n) is 6.85. The van der Waals surface area contributed by atoms with Crippen molar-refractivity contribution < 1.29 is 18.0 Å². The average Bonchev–Trinajstić information content (AvgIpc) is 2.67. The van der Waals surface area contributed by atoms with Crippen LogP contribution in [0.3, 0.4) is 0 Å². The molecule has 0 fully saturated rings. The predicted octanol–water partition coefficient (Wildman–Crippen LogP) is 1.00. The molecule has 0 saturated carbocycles. The fraction of sp³-hybridized carbons (Fsp3) is 0.300. The highest BCUT2D eigenvalue weighted by molar-refractivity contribution is 7.89. The number of primary sulfonamides is 1. The molecule has 0 aromatic heterocycles. The Hall–Kier alpha value is -2.75. The van der Waals surface area contributed by atoms with E-state index in [0.717, 1.165) is 11.1 Å². The van der Waals surface area contributed by atoms with Crippen LogP contribution in [0.4, 0.5) is 0 Å². The molecule has 9 heteroatoms. The van der Waals surface area contributed by atoms with Crippen LogP contribution >= 0.6 is 0 Å². The molecule has 2 aromatic carbocycles. The molecule has 8 nitrogen and oxygen atoms in total. The van der Waals surface area contributed by atoms with Crippen LogP contribution in [-0.4, -0.2) is 45.8 Å². The van der Waals surface area contributed by atoms with Crippen molar-refractivity contribution in [2.45, 2.75) is 24.4 Å². The molecule has 0 bridgehead atoms. The van der Waals surface area contributed by atoms with Gasteiger partial charge in [-0.2, -0.15) is 0 Å². The Kier molecular flexibility index (Phi) is 7.49. The van der Waals surface area contributed by atoms with Crippen molar-refractivity contribution in [1.82, 2.24) is 15.5 Å². The SMILES string of the molecule is CNC(=O)c1ccc(CN(C)CC(=O)N[C@@H](C)c2ccc(S(N)(=O)=O)cc2)cc1. The van der Waals surface area contributed by atoms with E-state index in [2.05, 4.69) is 10.6 Å². The molecular formula is C20H26N4O4S. The molecule has 0 unspecified atom stereocenters. The standard InChI is InChI=1S/C20H26N4O4S/c1-14(16-8-10-18(11-9-16)29(21,27)28)23-19(25)13-24(3)12-15-4-6-17(7-5-15)20(26)22-2/h4-11,14H,12-13H2,1-3H3,(H,22,26)(H,23,25)(H2,21,27,28)/t14-/m0/s1. The highest BCUT2D eigenvalue weighted by Gasteiger charge is 2.14. The summed E-state index contributed by atoms with van der Waals surface area (Å²) in [7, 11) is -0.327. The van der Waals surface area contributed by atoms with Crippen LogP contribution in [0.2, 0.25) is 0 Å². The van der Waals surface area contributed by atoms with Crippen LogP contribution in [0, 0.1) is 0 Å². The topological polar surface area (TPSA) is 122 Å². The van der Waals surface area contributed by atoms with Crippen LogP contribution in [0.15, 0.2) is 53.4 Å². The summed E-state index contributed by atoms with van der Waals surface area (Å²) in [6.45, 7) is 2.57. The van der Waals surface area contributed by atoms with Crippen LogP contribution < -0.4 is 15.8 Å². The highest BCUT2D eigenvalue weighted by Crippen LogP contribution is 2.15. The highest BCUT2D eigenvalue weighted by atomic mass is 32.2. The predicted molar refractivity (Wildman–Crippen MR) is 111 cm³/mol. The lowest BCUT2D eigenvalue weighted by Crippen LogP contribution is -2.36. The maximum Gasteiger partial charge on any atom is 0.251 e. The van der Waals surface area contributed by atoms with Gasteiger partial charge in [-0.05, 0) is 49.4 Å². The molecule has 0 saturated heterocycles. The largest absolute Gasteiger partial charge is 0.355 e. The first-order chi connectivity index (χ1) is 13.6. The quantitative estimate of drug-likeness (QED) is 0.590. The van der Waals surface area contributed by atoms with Crippen LogP contribution in [0.1, 0.15) is 34.5 Å². The monoisotopic (exact) mass is 418 g/mol. The maximum absolute atomic E-state index is 12.3. The molecule has 0 aliphatic carbocycles. The minimum absolute atomic E-state index is 0.0296. The zero-order valence-electron chi connectivity index (χ0n) is 16.7. The van der Waals surface area contributed by atoms with Gasteiger partial charge in [0.25, 0.3) is 5.91 Å². The van der Waals surface area contributed by atoms with E-state index in [4.69, 9.17) is 5.14 Å². The van der Waals surface area contributed by atoms with Crippen molar-refractivity contribution in [3.8, 4) is 0 Å². The summed E-state index contributed by atoms with van der Waals surface area (Å²) in [5, 5.41) is 10.5. The molecule has 2 amide bonds. The molecule has 4 N–H and O–H groups in total. The van der Waals surface area contributed by atoms with Gasteiger partial charge in [0, 0.05) is 19.2 Å². The van der Waals surface area contributed by atoms with Crippen molar-refractivity contribution >= 4 is 21.8 Å². The van der Waals surface area contributed by atoms with E-state index in [1.54, 1.807) is 31.3 Å². The number of likely N-dealkylation sites (N-methyl/N-ethyl adjacent to an activating group) is 1. The summed E-state index contributed by atoms with van der Waals surface area (Å²) >= 11 is 0. The average molecular weight is 419 g/mol. The molecule has 29 heavy (non-hydrogen) atoms. The number of nitrogens with zero attached hydrogens (tertiary/aromatic N) is 1. The van der Waals surface area contributed by atoms with Gasteiger partial charge in [0.1, 0.15) is 0 Å². The van der Waals surface area contributed by atoms with Crippen molar-refractivity contribution in [3.05, 3.63) is 65.2 Å². The van der Waals surface area contributed by atoms with Gasteiger partial charge in [0.2, 0.25) is 15.9 Å². The third-order valence-corrected chi connectivity index (χ3v) is 5.32. The van der Waals surface area contributed by atoms with Crippen molar-refractivity contribution in [3.63, 3.8) is 0 Å². The van der Waals surface area contributed by atoms with E-state index >= 15 is 0 Å². The van der Waals surface area contributed by atoms with Gasteiger partial charge in [-0.15, -0.1) is 0 Å². The summed E-state index contributed by atoms with van der Waals surface area (Å²) in [5.74, 6) is -0.298. The first kappa shape index (κ1) is 22.5. The first-order valence-corrected chi connectivity index (χ1v) is 10.6. The van der Waals surface area contributed by atoms with Gasteiger partial charge in [0.15, 0.2) is 0 Å². The number of amides is 2. The number of nitrogens with two attached hydrogens (primary N) is 1. The van der Waals surface area contributed by atoms with E-state index in [9.17, 15) is 18.0 Å². The van der Waals surface area contributed by atoms with Crippen molar-refractivity contribution in [2.75, 3.05) is 20.6 Å². The summed E-state index contributed by atoms with van der Waals surface area (Å²) in [6, 6.07) is 13.0. The number of hydrogen-bond donors (Lipinski definition) is 3. The molecular weight excluding hydrogens is 392 g/mol. The van der Waals surface area contributed by atoms with Crippen LogP contribution in [0.5, 0.6) is 0 Å². The zero-order chi connectivity index (χ0) is 21.6. The third-order valence-electron chi connectivity index (χ3n) is 4.40. The van der Waals surface area contributed by atoms with Gasteiger partial charge in [-0.3, -0.25) is 14.5 Å². The van der Waals surface area contributed by atoms with Crippen LogP contribution in [-0.2, 0) is 21.4 Å². The summed E-state index contributed by atoms with van der Waals surface area (Å²) in [6.07, 6.45) is 0. The van der Waals surface area contributed by atoms with Gasteiger partial charge < -0.3 is 10.6 Å². The van der Waals surface area contributed by atoms with E-state index in [1.807, 2.05) is 31.0 Å². The number of benzene rings is 2. The second-order valence-corrected chi connectivity index (χ2v) is 8.41. The number of rotatable bonds is 8. The fourth-order valence-corrected chi connectivity index (χ4v) is 3.35. The molecule has 2 aromatic rings. The minimum Gasteiger partial charge on any atom is -0.355 e. The van der Waals surface area contributed by atoms with Gasteiger partial charge in [0.05, 0.1) is 17.5 Å². The number of sulfonamides is 1. The van der Waals surface area contributed by atoms with Crippen LogP contribution in [0.25, 0.3) is 0 Å². The Morgan fingerprint density at radius 2 is 1.66 bits per heavy atom. The number of hydrogen-bond acceptors (Lipinski definition) is 5. The molecule has 156 valence electrons. The summed E-state index contributed by atoms with van der Waals surface area (Å²) in [5.41, 5.74) is 2.34. The van der Waals surface area contributed by atoms with Crippen molar-refractivity contribution in [2.24, 2.45) is 5.14 Å².